The van der Waals surface area contributed by atoms with Crippen LogP contribution in [0.2, 0.25) is 0 Å². The molecule has 412 valence electrons. The molecule has 3 unspecified atom stereocenters. The van der Waals surface area contributed by atoms with Crippen LogP contribution >= 0.6 is 7.82 Å². The zero-order valence-corrected chi connectivity index (χ0v) is 46.3. The third kappa shape index (κ3) is 51.3. The van der Waals surface area contributed by atoms with Gasteiger partial charge >= 0.3 is 25.7 Å². The molecular formula is C60H101O11P. The maximum Gasteiger partial charge on any atom is 0.472 e. The molecule has 0 aromatic carbocycles. The third-order valence-corrected chi connectivity index (χ3v) is 12.4. The number of hydrogen-bond acceptors (Lipinski definition) is 10. The standard InChI is InChI=1S/C60H101O11P/c1-4-7-10-13-16-19-22-25-27-28-30-33-36-39-42-45-48-51-60(64)71-57(53-67-58(62)49-46-43-40-37-34-31-24-21-18-15-12-9-6-3)55-69-72(65,66)68-54-56(52-61)70-59(63)50-47-44-41-38-35-32-29-26-23-20-17-14-11-8-5-2/h8,11,16-17,19-21,24-27,29,35,38,44,47,56-57,61H,4-7,9-10,12-15,18,22-23,28,30-34,36-37,39-43,45-46,48-55H2,1-3H3,(H,65,66)/b11-8-,19-16-,20-17-,24-21-,27-25-,29-26-,38-35-,47-44-. The van der Waals surface area contributed by atoms with Gasteiger partial charge in [0.1, 0.15) is 12.7 Å². The van der Waals surface area contributed by atoms with Crippen molar-refractivity contribution in [1.29, 1.82) is 0 Å². The van der Waals surface area contributed by atoms with Crippen LogP contribution in [0.3, 0.4) is 0 Å². The lowest BCUT2D eigenvalue weighted by molar-refractivity contribution is -0.161. The van der Waals surface area contributed by atoms with E-state index < -0.39 is 57.8 Å². The van der Waals surface area contributed by atoms with Crippen molar-refractivity contribution in [3.63, 3.8) is 0 Å². The van der Waals surface area contributed by atoms with Crippen LogP contribution in [-0.4, -0.2) is 66.5 Å². The molecule has 0 radical (unpaired) electrons. The molecule has 0 spiro atoms. The maximum atomic E-state index is 12.9. The summed E-state index contributed by atoms with van der Waals surface area (Å²) >= 11 is 0. The SMILES string of the molecule is CC/C=C\C/C=C\C/C=C\C/C=C\C/C=C\CC(=O)OC(CO)COP(=O)(O)OCC(COC(=O)CCCCCCC/C=C\CCCCCC)OC(=O)CCCCCCCCC/C=C\C/C=C\CCCCC. The van der Waals surface area contributed by atoms with Crippen molar-refractivity contribution in [3.8, 4) is 0 Å². The molecule has 0 bridgehead atoms. The fraction of sp³-hybridized carbons (Fsp3) is 0.683. The van der Waals surface area contributed by atoms with Crippen molar-refractivity contribution < 1.29 is 52.2 Å². The summed E-state index contributed by atoms with van der Waals surface area (Å²) < 4.78 is 39.3. The molecule has 0 aliphatic carbocycles. The van der Waals surface area contributed by atoms with E-state index in [-0.39, 0.29) is 25.9 Å². The summed E-state index contributed by atoms with van der Waals surface area (Å²) in [7, 11) is -4.78. The highest BCUT2D eigenvalue weighted by atomic mass is 31.2. The first-order chi connectivity index (χ1) is 35.2. The number of aliphatic hydroxyl groups is 1. The minimum absolute atomic E-state index is 0.0593. The minimum atomic E-state index is -4.78. The van der Waals surface area contributed by atoms with E-state index in [1.807, 2.05) is 18.2 Å². The van der Waals surface area contributed by atoms with Gasteiger partial charge in [-0.25, -0.2) is 4.57 Å². The topological polar surface area (TPSA) is 155 Å². The largest absolute Gasteiger partial charge is 0.472 e. The van der Waals surface area contributed by atoms with E-state index in [2.05, 4.69) is 93.7 Å². The van der Waals surface area contributed by atoms with E-state index in [0.29, 0.717) is 19.3 Å². The van der Waals surface area contributed by atoms with E-state index in [4.69, 9.17) is 23.3 Å². The molecule has 0 amide bonds. The van der Waals surface area contributed by atoms with E-state index >= 15 is 0 Å². The van der Waals surface area contributed by atoms with Crippen LogP contribution in [-0.2, 0) is 42.2 Å². The van der Waals surface area contributed by atoms with Crippen LogP contribution in [0, 0.1) is 0 Å². The van der Waals surface area contributed by atoms with E-state index in [9.17, 15) is 28.9 Å². The molecular weight excluding hydrogens is 928 g/mol. The quantitative estimate of drug-likeness (QED) is 0.0197. The first-order valence-electron chi connectivity index (χ1n) is 28.1. The molecule has 0 saturated carbocycles. The molecule has 72 heavy (non-hydrogen) atoms. The fourth-order valence-electron chi connectivity index (χ4n) is 7.22. The Morgan fingerprint density at radius 1 is 0.417 bits per heavy atom. The zero-order chi connectivity index (χ0) is 52.7. The smallest absolute Gasteiger partial charge is 0.462 e. The Hall–Kier alpha value is -3.60. The number of rotatable bonds is 51. The molecule has 0 aromatic rings. The number of carbonyl (C=O) groups is 3. The molecule has 0 fully saturated rings. The van der Waals surface area contributed by atoms with Gasteiger partial charge in [0, 0.05) is 12.8 Å². The number of esters is 3. The lowest BCUT2D eigenvalue weighted by Gasteiger charge is -2.21. The second-order valence-corrected chi connectivity index (χ2v) is 19.8. The van der Waals surface area contributed by atoms with Crippen molar-refractivity contribution in [1.82, 2.24) is 0 Å². The van der Waals surface area contributed by atoms with Crippen molar-refractivity contribution in [2.75, 3.05) is 26.4 Å². The number of aliphatic hydroxyl groups excluding tert-OH is 1. The molecule has 0 aliphatic rings. The summed E-state index contributed by atoms with van der Waals surface area (Å²) in [5.41, 5.74) is 0. The molecule has 0 aliphatic heterocycles. The highest BCUT2D eigenvalue weighted by Gasteiger charge is 2.28. The lowest BCUT2D eigenvalue weighted by atomic mass is 10.1. The fourth-order valence-corrected chi connectivity index (χ4v) is 8.00. The monoisotopic (exact) mass is 1030 g/mol. The number of unbranched alkanes of at least 4 members (excludes halogenated alkanes) is 19. The van der Waals surface area contributed by atoms with Gasteiger partial charge in [0.15, 0.2) is 6.10 Å². The molecule has 2 N–H and O–H groups in total. The van der Waals surface area contributed by atoms with Crippen LogP contribution in [0.25, 0.3) is 0 Å². The third-order valence-electron chi connectivity index (χ3n) is 11.5. The second-order valence-electron chi connectivity index (χ2n) is 18.4. The van der Waals surface area contributed by atoms with Gasteiger partial charge < -0.3 is 24.2 Å². The molecule has 0 saturated heterocycles. The second kappa shape index (κ2) is 53.7. The first kappa shape index (κ1) is 68.4. The number of phosphoric acid groups is 1. The predicted molar refractivity (Wildman–Crippen MR) is 297 cm³/mol. The predicted octanol–water partition coefficient (Wildman–Crippen LogP) is 16.5. The summed E-state index contributed by atoms with van der Waals surface area (Å²) in [4.78, 5) is 48.4. The Labute approximate surface area is 438 Å². The van der Waals surface area contributed by atoms with Gasteiger partial charge in [-0.05, 0) is 103 Å². The van der Waals surface area contributed by atoms with Crippen LogP contribution < -0.4 is 0 Å². The van der Waals surface area contributed by atoms with Crippen LogP contribution in [0.5, 0.6) is 0 Å². The van der Waals surface area contributed by atoms with Gasteiger partial charge in [-0.2, -0.15) is 0 Å². The molecule has 0 heterocycles. The van der Waals surface area contributed by atoms with Gasteiger partial charge in [0.25, 0.3) is 0 Å². The van der Waals surface area contributed by atoms with E-state index in [1.165, 1.54) is 64.2 Å². The summed E-state index contributed by atoms with van der Waals surface area (Å²) in [5.74, 6) is -1.63. The highest BCUT2D eigenvalue weighted by Crippen LogP contribution is 2.43. The van der Waals surface area contributed by atoms with Crippen LogP contribution in [0.15, 0.2) is 97.2 Å². The van der Waals surface area contributed by atoms with Crippen molar-refractivity contribution in [2.45, 2.75) is 238 Å². The van der Waals surface area contributed by atoms with Crippen LogP contribution in [0.4, 0.5) is 0 Å². The van der Waals surface area contributed by atoms with Gasteiger partial charge in [-0.1, -0.05) is 201 Å². The van der Waals surface area contributed by atoms with Gasteiger partial charge in [0.2, 0.25) is 0 Å². The van der Waals surface area contributed by atoms with E-state index in [0.717, 1.165) is 103 Å². The summed E-state index contributed by atoms with van der Waals surface area (Å²) in [6.45, 7) is 4.35. The lowest BCUT2D eigenvalue weighted by Crippen LogP contribution is -2.30. The minimum Gasteiger partial charge on any atom is -0.462 e. The number of phosphoric ester groups is 1. The first-order valence-corrected chi connectivity index (χ1v) is 29.6. The van der Waals surface area contributed by atoms with Crippen molar-refractivity contribution in [3.05, 3.63) is 97.2 Å². The number of carbonyl (C=O) groups excluding carboxylic acids is 3. The summed E-state index contributed by atoms with van der Waals surface area (Å²) in [5, 5.41) is 9.78. The Kier molecular flexibility index (Phi) is 51.0. The maximum absolute atomic E-state index is 12.9. The summed E-state index contributed by atoms with van der Waals surface area (Å²) in [6.07, 6.45) is 62.5. The Morgan fingerprint density at radius 2 is 0.778 bits per heavy atom. The Morgan fingerprint density at radius 3 is 1.26 bits per heavy atom. The molecule has 0 rings (SSSR count). The Bertz CT molecular complexity index is 1580. The number of allylic oxidation sites excluding steroid dienone is 15. The molecule has 3 atom stereocenters. The number of ether oxygens (including phenoxy) is 3. The van der Waals surface area contributed by atoms with Crippen molar-refractivity contribution >= 4 is 25.7 Å². The number of hydrogen-bond donors (Lipinski definition) is 2. The van der Waals surface area contributed by atoms with Crippen molar-refractivity contribution in [2.24, 2.45) is 0 Å². The normalized spacial score (nSPS) is 14.1. The summed E-state index contributed by atoms with van der Waals surface area (Å²) in [6, 6.07) is 0. The van der Waals surface area contributed by atoms with Gasteiger partial charge in [-0.3, -0.25) is 23.4 Å². The van der Waals surface area contributed by atoms with Gasteiger partial charge in [-0.15, -0.1) is 0 Å². The highest BCUT2D eigenvalue weighted by molar-refractivity contribution is 7.47. The Balaban J connectivity index is 4.83. The zero-order valence-electron chi connectivity index (χ0n) is 45.4. The van der Waals surface area contributed by atoms with Gasteiger partial charge in [0.05, 0.1) is 26.2 Å². The molecule has 0 aromatic heterocycles. The average Bonchev–Trinajstić information content (AvgIpc) is 3.37. The molecule has 12 heteroatoms. The average molecular weight is 1030 g/mol. The van der Waals surface area contributed by atoms with Crippen LogP contribution in [0.1, 0.15) is 226 Å². The van der Waals surface area contributed by atoms with E-state index in [1.54, 1.807) is 6.08 Å². The molecule has 11 nitrogen and oxygen atoms in total.